The van der Waals surface area contributed by atoms with Gasteiger partial charge in [0.25, 0.3) is 0 Å². The molecule has 18 heavy (non-hydrogen) atoms. The highest BCUT2D eigenvalue weighted by atomic mass is 16.2. The smallest absolute Gasteiger partial charge is 0.316 e. The van der Waals surface area contributed by atoms with Crippen molar-refractivity contribution in [3.05, 3.63) is 12.4 Å². The number of anilines is 1. The first kappa shape index (κ1) is 12.0. The minimum Gasteiger partial charge on any atom is -0.367 e. The first-order valence-electron chi connectivity index (χ1n) is 5.39. The van der Waals surface area contributed by atoms with Crippen LogP contribution in [0.4, 0.5) is 10.6 Å². The molecule has 2 aromatic rings. The van der Waals surface area contributed by atoms with Crippen molar-refractivity contribution in [2.75, 3.05) is 32.5 Å². The van der Waals surface area contributed by atoms with E-state index in [1.54, 1.807) is 31.0 Å². The molecule has 2 amide bonds. The number of rotatable bonds is 4. The number of aromatic nitrogens is 5. The molecule has 0 bridgehead atoms. The number of carbonyl (C=O) groups excluding carboxylic acids is 1. The van der Waals surface area contributed by atoms with E-state index >= 15 is 0 Å². The Bertz CT molecular complexity index is 536. The van der Waals surface area contributed by atoms with E-state index in [-0.39, 0.29) is 6.03 Å². The van der Waals surface area contributed by atoms with Crippen LogP contribution in [0.15, 0.2) is 12.4 Å². The van der Waals surface area contributed by atoms with Crippen molar-refractivity contribution in [2.45, 2.75) is 0 Å². The minimum atomic E-state index is -0.129. The highest BCUT2D eigenvalue weighted by molar-refractivity contribution is 5.73. The second-order valence-electron chi connectivity index (χ2n) is 3.79. The SMILES string of the molecule is CN(C)C(=O)NCCNc1cncc2nnnn12. The van der Waals surface area contributed by atoms with E-state index in [4.69, 9.17) is 0 Å². The van der Waals surface area contributed by atoms with E-state index in [0.717, 1.165) is 0 Å². The zero-order valence-corrected chi connectivity index (χ0v) is 10.2. The van der Waals surface area contributed by atoms with Crippen LogP contribution >= 0.6 is 0 Å². The normalized spacial score (nSPS) is 10.3. The lowest BCUT2D eigenvalue weighted by molar-refractivity contribution is 0.218. The van der Waals surface area contributed by atoms with Crippen molar-refractivity contribution in [1.29, 1.82) is 0 Å². The van der Waals surface area contributed by atoms with Crippen molar-refractivity contribution in [3.63, 3.8) is 0 Å². The number of tetrazole rings is 1. The van der Waals surface area contributed by atoms with Crippen LogP contribution in [0, 0.1) is 0 Å². The fourth-order valence-electron chi connectivity index (χ4n) is 1.31. The molecular formula is C9H14N8O. The molecule has 2 heterocycles. The molecule has 9 heteroatoms. The quantitative estimate of drug-likeness (QED) is 0.689. The van der Waals surface area contributed by atoms with Gasteiger partial charge in [-0.15, -0.1) is 5.10 Å². The van der Waals surface area contributed by atoms with E-state index < -0.39 is 0 Å². The summed E-state index contributed by atoms with van der Waals surface area (Å²) in [6.45, 7) is 1.05. The molecule has 0 saturated carbocycles. The molecule has 2 rings (SSSR count). The maximum absolute atomic E-state index is 11.3. The van der Waals surface area contributed by atoms with Crippen molar-refractivity contribution in [1.82, 2.24) is 35.2 Å². The summed E-state index contributed by atoms with van der Waals surface area (Å²) >= 11 is 0. The fourth-order valence-corrected chi connectivity index (χ4v) is 1.31. The predicted molar refractivity (Wildman–Crippen MR) is 64.2 cm³/mol. The second-order valence-corrected chi connectivity index (χ2v) is 3.79. The van der Waals surface area contributed by atoms with Gasteiger partial charge in [-0.2, -0.15) is 4.52 Å². The van der Waals surface area contributed by atoms with E-state index in [2.05, 4.69) is 31.1 Å². The first-order valence-corrected chi connectivity index (χ1v) is 5.39. The molecule has 0 saturated heterocycles. The zero-order valence-electron chi connectivity index (χ0n) is 10.2. The molecule has 2 aromatic heterocycles. The molecule has 96 valence electrons. The maximum atomic E-state index is 11.3. The average molecular weight is 250 g/mol. The number of amides is 2. The van der Waals surface area contributed by atoms with Crippen LogP contribution in [0.2, 0.25) is 0 Å². The van der Waals surface area contributed by atoms with Crippen molar-refractivity contribution >= 4 is 17.5 Å². The average Bonchev–Trinajstić information content (AvgIpc) is 2.83. The number of urea groups is 1. The molecule has 0 aromatic carbocycles. The van der Waals surface area contributed by atoms with Crippen LogP contribution < -0.4 is 10.6 Å². The Morgan fingerprint density at radius 1 is 1.39 bits per heavy atom. The monoisotopic (exact) mass is 250 g/mol. The molecule has 0 spiro atoms. The minimum absolute atomic E-state index is 0.129. The first-order chi connectivity index (χ1) is 8.68. The maximum Gasteiger partial charge on any atom is 0.316 e. The summed E-state index contributed by atoms with van der Waals surface area (Å²) in [5.41, 5.74) is 0.567. The second kappa shape index (κ2) is 5.25. The van der Waals surface area contributed by atoms with Gasteiger partial charge in [-0.1, -0.05) is 0 Å². The third-order valence-electron chi connectivity index (χ3n) is 2.22. The summed E-state index contributed by atoms with van der Waals surface area (Å²) in [5.74, 6) is 0.677. The Morgan fingerprint density at radius 3 is 3.00 bits per heavy atom. The number of nitrogens with zero attached hydrogens (tertiary/aromatic N) is 6. The summed E-state index contributed by atoms with van der Waals surface area (Å²) in [7, 11) is 3.38. The molecule has 0 unspecified atom stereocenters. The Labute approximate surface area is 103 Å². The van der Waals surface area contributed by atoms with Crippen LogP contribution in [0.1, 0.15) is 0 Å². The van der Waals surface area contributed by atoms with Gasteiger partial charge in [0.1, 0.15) is 5.82 Å². The number of hydrogen-bond donors (Lipinski definition) is 2. The van der Waals surface area contributed by atoms with E-state index in [0.29, 0.717) is 24.6 Å². The van der Waals surface area contributed by atoms with Crippen LogP contribution in [0.5, 0.6) is 0 Å². The molecule has 2 N–H and O–H groups in total. The van der Waals surface area contributed by atoms with Gasteiger partial charge in [0.15, 0.2) is 5.65 Å². The third kappa shape index (κ3) is 2.62. The van der Waals surface area contributed by atoms with Crippen molar-refractivity contribution < 1.29 is 4.79 Å². The van der Waals surface area contributed by atoms with Gasteiger partial charge in [0.05, 0.1) is 12.4 Å². The Balaban J connectivity index is 1.87. The van der Waals surface area contributed by atoms with Crippen LogP contribution in [-0.2, 0) is 0 Å². The number of nitrogens with one attached hydrogen (secondary N) is 2. The lowest BCUT2D eigenvalue weighted by Crippen LogP contribution is -2.37. The van der Waals surface area contributed by atoms with Gasteiger partial charge in [0.2, 0.25) is 0 Å². The molecule has 0 radical (unpaired) electrons. The zero-order chi connectivity index (χ0) is 13.0. The summed E-state index contributed by atoms with van der Waals surface area (Å²) < 4.78 is 1.54. The third-order valence-corrected chi connectivity index (χ3v) is 2.22. The van der Waals surface area contributed by atoms with Gasteiger partial charge >= 0.3 is 6.03 Å². The van der Waals surface area contributed by atoms with E-state index in [9.17, 15) is 4.79 Å². The van der Waals surface area contributed by atoms with Crippen LogP contribution in [-0.4, -0.2) is 63.1 Å². The predicted octanol–water partition coefficient (Wildman–Crippen LogP) is -0.798. The molecule has 0 aliphatic heterocycles. The fraction of sp³-hybridized carbons (Fsp3) is 0.444. The van der Waals surface area contributed by atoms with Gasteiger partial charge in [-0.3, -0.25) is 4.98 Å². The largest absolute Gasteiger partial charge is 0.367 e. The summed E-state index contributed by atoms with van der Waals surface area (Å²) in [4.78, 5) is 16.7. The van der Waals surface area contributed by atoms with Gasteiger partial charge < -0.3 is 15.5 Å². The highest BCUT2D eigenvalue weighted by Gasteiger charge is 2.04. The molecule has 0 aliphatic rings. The van der Waals surface area contributed by atoms with E-state index in [1.165, 1.54) is 4.90 Å². The molecule has 0 fully saturated rings. The summed E-state index contributed by atoms with van der Waals surface area (Å²) in [6.07, 6.45) is 3.19. The molecular weight excluding hydrogens is 236 g/mol. The Morgan fingerprint density at radius 2 is 2.22 bits per heavy atom. The molecule has 0 aliphatic carbocycles. The Hall–Kier alpha value is -2.45. The van der Waals surface area contributed by atoms with Gasteiger partial charge in [0, 0.05) is 27.2 Å². The van der Waals surface area contributed by atoms with Gasteiger partial charge in [-0.05, 0) is 10.4 Å². The van der Waals surface area contributed by atoms with Crippen molar-refractivity contribution in [2.24, 2.45) is 0 Å². The van der Waals surface area contributed by atoms with Gasteiger partial charge in [-0.25, -0.2) is 4.79 Å². The molecule has 9 nitrogen and oxygen atoms in total. The Kier molecular flexibility index (Phi) is 3.51. The van der Waals surface area contributed by atoms with Crippen LogP contribution in [0.3, 0.4) is 0 Å². The molecule has 0 atom stereocenters. The van der Waals surface area contributed by atoms with Crippen LogP contribution in [0.25, 0.3) is 5.65 Å². The summed E-state index contributed by atoms with van der Waals surface area (Å²) in [6, 6.07) is -0.129. The van der Waals surface area contributed by atoms with E-state index in [1.807, 2.05) is 0 Å². The van der Waals surface area contributed by atoms with Crippen molar-refractivity contribution in [3.8, 4) is 0 Å². The lowest BCUT2D eigenvalue weighted by Gasteiger charge is -2.12. The summed E-state index contributed by atoms with van der Waals surface area (Å²) in [5, 5.41) is 17.0. The highest BCUT2D eigenvalue weighted by Crippen LogP contribution is 2.04. The lowest BCUT2D eigenvalue weighted by atomic mass is 10.5. The topological polar surface area (TPSA) is 100 Å². The standard InChI is InChI=1S/C9H14N8O/c1-16(2)9(18)12-4-3-11-7-5-10-6-8-13-14-15-17(7)8/h5-6,11H,3-4H2,1-2H3,(H,12,18). The number of fused-ring (bicyclic) bond motifs is 1. The number of hydrogen-bond acceptors (Lipinski definition) is 6. The number of carbonyl (C=O) groups is 1.